The van der Waals surface area contributed by atoms with Gasteiger partial charge in [0.05, 0.1) is 35.0 Å². The maximum atomic E-state index is 13.7. The maximum absolute atomic E-state index is 13.7. The Bertz CT molecular complexity index is 631. The second-order valence-electron chi connectivity index (χ2n) is 7.19. The van der Waals surface area contributed by atoms with E-state index in [-0.39, 0.29) is 25.4 Å². The molecule has 0 N–H and O–H groups in total. The van der Waals surface area contributed by atoms with Gasteiger partial charge in [-0.25, -0.2) is 0 Å². The Morgan fingerprint density at radius 2 is 1.52 bits per heavy atom. The van der Waals surface area contributed by atoms with E-state index in [1.165, 1.54) is 0 Å². The van der Waals surface area contributed by atoms with E-state index in [2.05, 4.69) is 19.6 Å². The molecule has 0 fully saturated rings. The highest BCUT2D eigenvalue weighted by molar-refractivity contribution is 7.56. The highest BCUT2D eigenvalue weighted by atomic mass is 31.2. The normalized spacial score (nSPS) is 14.5. The third-order valence-electron chi connectivity index (χ3n) is 4.21. The quantitative estimate of drug-likeness (QED) is 0.292. The first-order valence-corrected chi connectivity index (χ1v) is 14.5. The summed E-state index contributed by atoms with van der Waals surface area (Å²) in [7, 11) is -4.17. The number of hydrogen-bond acceptors (Lipinski definition) is 6. The van der Waals surface area contributed by atoms with Crippen molar-refractivity contribution in [2.24, 2.45) is 0 Å². The Hall–Kier alpha value is -1.14. The van der Waals surface area contributed by atoms with Gasteiger partial charge in [0.15, 0.2) is 5.66 Å². The number of carbonyl (C=O) groups excluding carboxylic acids is 1. The molecule has 0 aliphatic carbocycles. The number of ether oxygens (including phenoxy) is 2. The topological polar surface area (TPSA) is 71.1 Å². The van der Waals surface area contributed by atoms with Crippen LogP contribution in [0.1, 0.15) is 31.9 Å². The molecule has 2 unspecified atom stereocenters. The van der Waals surface area contributed by atoms with E-state index in [1.54, 1.807) is 27.9 Å². The maximum Gasteiger partial charge on any atom is 0.345 e. The van der Waals surface area contributed by atoms with Gasteiger partial charge in [-0.2, -0.15) is 0 Å². The van der Waals surface area contributed by atoms with Crippen molar-refractivity contribution in [3.63, 3.8) is 0 Å². The van der Waals surface area contributed by atoms with Crippen molar-refractivity contribution >= 4 is 21.6 Å². The van der Waals surface area contributed by atoms with Crippen LogP contribution in [-0.2, 0) is 23.1 Å². The summed E-state index contributed by atoms with van der Waals surface area (Å²) in [6.07, 6.45) is 0. The average Bonchev–Trinajstić information content (AvgIpc) is 2.59. The van der Waals surface area contributed by atoms with Crippen LogP contribution in [0.4, 0.5) is 0 Å². The molecule has 8 heteroatoms. The van der Waals surface area contributed by atoms with Gasteiger partial charge in [0.2, 0.25) is 0 Å². The minimum atomic E-state index is -3.72. The summed E-state index contributed by atoms with van der Waals surface area (Å²) in [5, 5.41) is 0. The molecule has 0 radical (unpaired) electrons. The van der Waals surface area contributed by atoms with Crippen molar-refractivity contribution in [1.82, 2.24) is 0 Å². The molecule has 0 spiro atoms. The zero-order valence-corrected chi connectivity index (χ0v) is 19.4. The molecule has 154 valence electrons. The van der Waals surface area contributed by atoms with E-state index in [9.17, 15) is 9.36 Å². The summed E-state index contributed by atoms with van der Waals surface area (Å²) < 4.78 is 35.4. The number of carbonyl (C=O) groups is 1. The molecular weight excluding hydrogens is 383 g/mol. The fourth-order valence-corrected chi connectivity index (χ4v) is 9.35. The van der Waals surface area contributed by atoms with Crippen molar-refractivity contribution in [2.45, 2.75) is 51.6 Å². The van der Waals surface area contributed by atoms with Crippen LogP contribution in [0, 0.1) is 0 Å². The van der Waals surface area contributed by atoms with Crippen LogP contribution in [-0.4, -0.2) is 46.6 Å². The first kappa shape index (κ1) is 23.9. The van der Waals surface area contributed by atoms with E-state index < -0.39 is 27.3 Å². The van der Waals surface area contributed by atoms with Gasteiger partial charge in [-0.15, -0.1) is 0 Å². The third-order valence-corrected chi connectivity index (χ3v) is 9.45. The standard InChI is InChI=1S/C19H33O6PSi/c1-8-23-19(20)17(26(21,24-9-2)25-10-3)18(27(5,6)7)15-11-13-16(22-4)14-12-15/h11-14,17-18H,8-10H2,1-7H3. The van der Waals surface area contributed by atoms with Gasteiger partial charge in [-0.3, -0.25) is 9.36 Å². The minimum absolute atomic E-state index is 0.189. The van der Waals surface area contributed by atoms with Crippen molar-refractivity contribution in [2.75, 3.05) is 26.9 Å². The van der Waals surface area contributed by atoms with Crippen LogP contribution < -0.4 is 4.74 Å². The van der Waals surface area contributed by atoms with Gasteiger partial charge >= 0.3 is 13.6 Å². The Morgan fingerprint density at radius 3 is 1.89 bits per heavy atom. The van der Waals surface area contributed by atoms with Gasteiger partial charge < -0.3 is 18.5 Å². The largest absolute Gasteiger partial charge is 0.497 e. The van der Waals surface area contributed by atoms with Crippen molar-refractivity contribution < 1.29 is 27.9 Å². The predicted molar refractivity (Wildman–Crippen MR) is 110 cm³/mol. The summed E-state index contributed by atoms with van der Waals surface area (Å²) in [5.41, 5.74) is -0.392. The van der Waals surface area contributed by atoms with Gasteiger partial charge in [-0.05, 0) is 38.5 Å². The fourth-order valence-electron chi connectivity index (χ4n) is 3.20. The Labute approximate surface area is 164 Å². The molecule has 0 aliphatic heterocycles. The van der Waals surface area contributed by atoms with Gasteiger partial charge in [-0.1, -0.05) is 31.8 Å². The molecular formula is C19H33O6PSi. The number of methoxy groups -OCH3 is 1. The van der Waals surface area contributed by atoms with Crippen molar-refractivity contribution in [3.8, 4) is 5.75 Å². The summed E-state index contributed by atoms with van der Waals surface area (Å²) in [5.74, 6) is 0.185. The minimum Gasteiger partial charge on any atom is -0.497 e. The van der Waals surface area contributed by atoms with E-state index in [1.807, 2.05) is 24.3 Å². The van der Waals surface area contributed by atoms with Crippen molar-refractivity contribution in [1.29, 1.82) is 0 Å². The highest BCUT2D eigenvalue weighted by Crippen LogP contribution is 2.59. The molecule has 27 heavy (non-hydrogen) atoms. The van der Waals surface area contributed by atoms with Crippen LogP contribution in [0.15, 0.2) is 24.3 Å². The molecule has 0 bridgehead atoms. The monoisotopic (exact) mass is 416 g/mol. The lowest BCUT2D eigenvalue weighted by Crippen LogP contribution is -2.44. The lowest BCUT2D eigenvalue weighted by Gasteiger charge is -2.37. The lowest BCUT2D eigenvalue weighted by atomic mass is 10.1. The van der Waals surface area contributed by atoms with Crippen molar-refractivity contribution in [3.05, 3.63) is 29.8 Å². The molecule has 0 heterocycles. The van der Waals surface area contributed by atoms with Gasteiger partial charge in [0.25, 0.3) is 0 Å². The molecule has 1 aromatic rings. The van der Waals surface area contributed by atoms with Gasteiger partial charge in [0, 0.05) is 5.54 Å². The highest BCUT2D eigenvalue weighted by Gasteiger charge is 2.52. The molecule has 0 amide bonds. The molecule has 0 saturated heterocycles. The summed E-state index contributed by atoms with van der Waals surface area (Å²) in [4.78, 5) is 13.0. The predicted octanol–water partition coefficient (Wildman–Crippen LogP) is 4.85. The van der Waals surface area contributed by atoms with E-state index in [0.29, 0.717) is 0 Å². The molecule has 0 aromatic heterocycles. The molecule has 6 nitrogen and oxygen atoms in total. The molecule has 2 atom stereocenters. The first-order chi connectivity index (χ1) is 12.6. The van der Waals surface area contributed by atoms with Gasteiger partial charge in [0.1, 0.15) is 5.75 Å². The second kappa shape index (κ2) is 10.4. The van der Waals surface area contributed by atoms with Crippen LogP contribution in [0.3, 0.4) is 0 Å². The van der Waals surface area contributed by atoms with Crippen LogP contribution in [0.25, 0.3) is 0 Å². The zero-order chi connectivity index (χ0) is 20.7. The Kier molecular flexibility index (Phi) is 9.22. The number of rotatable bonds is 11. The summed E-state index contributed by atoms with van der Waals surface area (Å²) in [6, 6.07) is 7.51. The first-order valence-electron chi connectivity index (χ1n) is 9.33. The van der Waals surface area contributed by atoms with Crippen LogP contribution >= 0.6 is 7.60 Å². The summed E-state index contributed by atoms with van der Waals surface area (Å²) >= 11 is 0. The molecule has 1 rings (SSSR count). The average molecular weight is 417 g/mol. The number of esters is 1. The van der Waals surface area contributed by atoms with Crippen LogP contribution in [0.5, 0.6) is 5.75 Å². The Morgan fingerprint density at radius 1 is 1.00 bits per heavy atom. The SMILES string of the molecule is CCOC(=O)C(C(c1ccc(OC)cc1)[Si](C)(C)C)P(=O)(OCC)OCC. The fraction of sp³-hybridized carbons (Fsp3) is 0.632. The third kappa shape index (κ3) is 6.18. The zero-order valence-electron chi connectivity index (χ0n) is 17.5. The van der Waals surface area contributed by atoms with E-state index >= 15 is 0 Å². The lowest BCUT2D eigenvalue weighted by molar-refractivity contribution is -0.143. The molecule has 1 aromatic carbocycles. The smallest absolute Gasteiger partial charge is 0.345 e. The van der Waals surface area contributed by atoms with Crippen LogP contribution in [0.2, 0.25) is 19.6 Å². The summed E-state index contributed by atoms with van der Waals surface area (Å²) in [6.45, 7) is 12.2. The Balaban J connectivity index is 3.58. The second-order valence-corrected chi connectivity index (χ2v) is 14.7. The van der Waals surface area contributed by atoms with E-state index in [0.717, 1.165) is 11.3 Å². The van der Waals surface area contributed by atoms with E-state index in [4.69, 9.17) is 18.5 Å². The molecule has 0 aliphatic rings. The number of hydrogen-bond donors (Lipinski definition) is 0. The molecule has 0 saturated carbocycles. The number of benzene rings is 1.